The van der Waals surface area contributed by atoms with Gasteiger partial charge in [0.1, 0.15) is 5.82 Å². The number of nitrogens with one attached hydrogen (secondary N) is 1. The van der Waals surface area contributed by atoms with Crippen molar-refractivity contribution in [3.05, 3.63) is 34.1 Å². The standard InChI is InChI=1S/C17H25BrFN/c1-16(2)8-14(9-17(3,4)11-16)20-10-12-5-6-13(19)7-15(12)18/h5-7,14,20H,8-11H2,1-4H3. The Bertz CT molecular complexity index is 466. The van der Waals surface area contributed by atoms with Gasteiger partial charge in [0, 0.05) is 17.1 Å². The van der Waals surface area contributed by atoms with E-state index in [1.54, 1.807) is 0 Å². The maximum Gasteiger partial charge on any atom is 0.124 e. The molecule has 0 bridgehead atoms. The summed E-state index contributed by atoms with van der Waals surface area (Å²) >= 11 is 3.44. The molecule has 0 aromatic heterocycles. The summed E-state index contributed by atoms with van der Waals surface area (Å²) in [6.45, 7) is 10.2. The van der Waals surface area contributed by atoms with Crippen LogP contribution in [-0.2, 0) is 6.54 Å². The first-order chi connectivity index (χ1) is 9.17. The molecule has 0 atom stereocenters. The fraction of sp³-hybridized carbons (Fsp3) is 0.647. The molecule has 112 valence electrons. The zero-order valence-electron chi connectivity index (χ0n) is 12.9. The lowest BCUT2D eigenvalue weighted by atomic mass is 9.63. The number of hydrogen-bond donors (Lipinski definition) is 1. The molecule has 0 heterocycles. The predicted molar refractivity (Wildman–Crippen MR) is 86.1 cm³/mol. The van der Waals surface area contributed by atoms with Crippen LogP contribution in [0.25, 0.3) is 0 Å². The smallest absolute Gasteiger partial charge is 0.124 e. The van der Waals surface area contributed by atoms with Gasteiger partial charge in [0.2, 0.25) is 0 Å². The van der Waals surface area contributed by atoms with Gasteiger partial charge in [0.05, 0.1) is 0 Å². The fourth-order valence-corrected chi connectivity index (χ4v) is 4.40. The van der Waals surface area contributed by atoms with E-state index in [9.17, 15) is 4.39 Å². The van der Waals surface area contributed by atoms with Crippen molar-refractivity contribution in [1.82, 2.24) is 5.32 Å². The quantitative estimate of drug-likeness (QED) is 0.788. The summed E-state index contributed by atoms with van der Waals surface area (Å²) in [5.74, 6) is -0.194. The molecule has 0 radical (unpaired) electrons. The van der Waals surface area contributed by atoms with Gasteiger partial charge in [0.15, 0.2) is 0 Å². The molecule has 1 aromatic rings. The Hall–Kier alpha value is -0.410. The zero-order valence-corrected chi connectivity index (χ0v) is 14.5. The minimum atomic E-state index is -0.194. The van der Waals surface area contributed by atoms with Crippen molar-refractivity contribution in [3.8, 4) is 0 Å². The molecule has 0 amide bonds. The van der Waals surface area contributed by atoms with Gasteiger partial charge in [-0.15, -0.1) is 0 Å². The third kappa shape index (κ3) is 4.29. The average molecular weight is 342 g/mol. The Labute approximate surface area is 130 Å². The summed E-state index contributed by atoms with van der Waals surface area (Å²) in [7, 11) is 0. The van der Waals surface area contributed by atoms with E-state index in [1.807, 2.05) is 6.07 Å². The Morgan fingerprint density at radius 2 is 1.80 bits per heavy atom. The van der Waals surface area contributed by atoms with Gasteiger partial charge in [-0.25, -0.2) is 4.39 Å². The van der Waals surface area contributed by atoms with Gasteiger partial charge in [-0.1, -0.05) is 49.7 Å². The normalized spacial score (nSPS) is 21.9. The monoisotopic (exact) mass is 341 g/mol. The maximum absolute atomic E-state index is 13.1. The number of benzene rings is 1. The molecule has 3 heteroatoms. The SMILES string of the molecule is CC1(C)CC(NCc2ccc(F)cc2Br)CC(C)(C)C1. The molecule has 1 aromatic carbocycles. The van der Waals surface area contributed by atoms with Crippen LogP contribution in [0.2, 0.25) is 0 Å². The molecule has 1 aliphatic carbocycles. The zero-order chi connectivity index (χ0) is 15.0. The maximum atomic E-state index is 13.1. The third-order valence-electron chi connectivity index (χ3n) is 4.15. The van der Waals surface area contributed by atoms with Gasteiger partial charge in [-0.05, 0) is 47.8 Å². The van der Waals surface area contributed by atoms with Crippen molar-refractivity contribution in [2.24, 2.45) is 10.8 Å². The summed E-state index contributed by atoms with van der Waals surface area (Å²) in [4.78, 5) is 0. The summed E-state index contributed by atoms with van der Waals surface area (Å²) < 4.78 is 13.9. The molecule has 0 unspecified atom stereocenters. The summed E-state index contributed by atoms with van der Waals surface area (Å²) in [5, 5.41) is 3.66. The van der Waals surface area contributed by atoms with Crippen molar-refractivity contribution < 1.29 is 4.39 Å². The minimum absolute atomic E-state index is 0.194. The van der Waals surface area contributed by atoms with Crippen molar-refractivity contribution in [1.29, 1.82) is 0 Å². The lowest BCUT2D eigenvalue weighted by Gasteiger charge is -2.45. The average Bonchev–Trinajstić information content (AvgIpc) is 2.23. The predicted octanol–water partition coefficient (Wildman–Crippen LogP) is 5.28. The van der Waals surface area contributed by atoms with Gasteiger partial charge < -0.3 is 5.32 Å². The summed E-state index contributed by atoms with van der Waals surface area (Å²) in [6.07, 6.45) is 3.68. The van der Waals surface area contributed by atoms with Crippen molar-refractivity contribution in [3.63, 3.8) is 0 Å². The largest absolute Gasteiger partial charge is 0.310 e. The molecule has 1 nitrogen and oxygen atoms in total. The summed E-state index contributed by atoms with van der Waals surface area (Å²) in [5.41, 5.74) is 1.89. The van der Waals surface area contributed by atoms with E-state index in [0.717, 1.165) is 16.6 Å². The van der Waals surface area contributed by atoms with E-state index >= 15 is 0 Å². The van der Waals surface area contributed by atoms with Crippen molar-refractivity contribution in [2.75, 3.05) is 0 Å². The third-order valence-corrected chi connectivity index (χ3v) is 4.89. The molecule has 1 saturated carbocycles. The number of halogens is 2. The van der Waals surface area contributed by atoms with Gasteiger partial charge in [-0.3, -0.25) is 0 Å². The Kier molecular flexibility index (Phi) is 4.60. The molecule has 1 aliphatic rings. The second-order valence-electron chi connectivity index (χ2n) is 7.73. The molecule has 1 fully saturated rings. The van der Waals surface area contributed by atoms with Crippen LogP contribution in [-0.4, -0.2) is 6.04 Å². The van der Waals surface area contributed by atoms with Gasteiger partial charge in [-0.2, -0.15) is 0 Å². The van der Waals surface area contributed by atoms with Crippen LogP contribution in [0, 0.1) is 16.6 Å². The van der Waals surface area contributed by atoms with E-state index in [0.29, 0.717) is 16.9 Å². The number of rotatable bonds is 3. The molecule has 20 heavy (non-hydrogen) atoms. The Morgan fingerprint density at radius 1 is 1.20 bits per heavy atom. The van der Waals surface area contributed by atoms with Crippen LogP contribution in [0.15, 0.2) is 22.7 Å². The Balaban J connectivity index is 2.00. The van der Waals surface area contributed by atoms with E-state index in [4.69, 9.17) is 0 Å². The van der Waals surface area contributed by atoms with E-state index in [2.05, 4.69) is 48.9 Å². The van der Waals surface area contributed by atoms with Crippen molar-refractivity contribution >= 4 is 15.9 Å². The molecular formula is C17H25BrFN. The van der Waals surface area contributed by atoms with Gasteiger partial charge >= 0.3 is 0 Å². The van der Waals surface area contributed by atoms with Crippen LogP contribution in [0.1, 0.15) is 52.5 Å². The molecule has 2 rings (SSSR count). The first kappa shape index (κ1) is 16.0. The molecule has 0 aliphatic heterocycles. The van der Waals surface area contributed by atoms with E-state index in [1.165, 1.54) is 31.4 Å². The fourth-order valence-electron chi connectivity index (χ4n) is 3.91. The number of hydrogen-bond acceptors (Lipinski definition) is 1. The minimum Gasteiger partial charge on any atom is -0.310 e. The molecule has 0 spiro atoms. The summed E-state index contributed by atoms with van der Waals surface area (Å²) in [6, 6.07) is 5.44. The van der Waals surface area contributed by atoms with Gasteiger partial charge in [0.25, 0.3) is 0 Å². The van der Waals surface area contributed by atoms with E-state index < -0.39 is 0 Å². The second-order valence-corrected chi connectivity index (χ2v) is 8.58. The Morgan fingerprint density at radius 3 is 2.35 bits per heavy atom. The second kappa shape index (κ2) is 5.76. The van der Waals surface area contributed by atoms with Crippen LogP contribution < -0.4 is 5.32 Å². The molecule has 1 N–H and O–H groups in total. The van der Waals surface area contributed by atoms with Crippen LogP contribution >= 0.6 is 15.9 Å². The van der Waals surface area contributed by atoms with E-state index in [-0.39, 0.29) is 5.82 Å². The molecular weight excluding hydrogens is 317 g/mol. The lowest BCUT2D eigenvalue weighted by molar-refractivity contribution is 0.0844. The first-order valence-corrected chi connectivity index (χ1v) is 8.14. The highest BCUT2D eigenvalue weighted by Gasteiger charge is 2.38. The first-order valence-electron chi connectivity index (χ1n) is 7.34. The van der Waals surface area contributed by atoms with Crippen LogP contribution in [0.5, 0.6) is 0 Å². The van der Waals surface area contributed by atoms with Crippen LogP contribution in [0.4, 0.5) is 4.39 Å². The van der Waals surface area contributed by atoms with Crippen LogP contribution in [0.3, 0.4) is 0 Å². The molecule has 0 saturated heterocycles. The highest BCUT2D eigenvalue weighted by molar-refractivity contribution is 9.10. The highest BCUT2D eigenvalue weighted by atomic mass is 79.9. The van der Waals surface area contributed by atoms with Crippen molar-refractivity contribution in [2.45, 2.75) is 59.5 Å². The highest BCUT2D eigenvalue weighted by Crippen LogP contribution is 2.45. The topological polar surface area (TPSA) is 12.0 Å². The lowest BCUT2D eigenvalue weighted by Crippen LogP contribution is -2.43.